The van der Waals surface area contributed by atoms with E-state index in [1.807, 2.05) is 0 Å². The molecule has 0 aromatic carbocycles. The molecule has 0 bridgehead atoms. The minimum atomic E-state index is -0.774. The summed E-state index contributed by atoms with van der Waals surface area (Å²) < 4.78 is 16.9. The van der Waals surface area contributed by atoms with Gasteiger partial charge in [-0.2, -0.15) is 0 Å². The van der Waals surface area contributed by atoms with Gasteiger partial charge in [-0.3, -0.25) is 14.4 Å². The molecule has 1 atom stereocenters. The Morgan fingerprint density at radius 2 is 0.522 bits per heavy atom. The van der Waals surface area contributed by atoms with E-state index in [0.29, 0.717) is 19.3 Å². The first kappa shape index (κ1) is 66.9. The monoisotopic (exact) mass is 971 g/mol. The van der Waals surface area contributed by atoms with Crippen molar-refractivity contribution in [2.45, 2.75) is 348 Å². The molecule has 6 nitrogen and oxygen atoms in total. The molecular formula is C63H118O6. The molecule has 0 aromatic rings. The lowest BCUT2D eigenvalue weighted by atomic mass is 10.0. The fraction of sp³-hybridized carbons (Fsp3) is 0.889. The van der Waals surface area contributed by atoms with Crippen LogP contribution in [0.5, 0.6) is 0 Å². The van der Waals surface area contributed by atoms with E-state index >= 15 is 0 Å². The van der Waals surface area contributed by atoms with Crippen LogP contribution in [0.2, 0.25) is 0 Å². The van der Waals surface area contributed by atoms with Crippen molar-refractivity contribution < 1.29 is 28.6 Å². The summed E-state index contributed by atoms with van der Waals surface area (Å²) in [6, 6.07) is 0. The molecule has 0 fully saturated rings. The molecule has 0 amide bonds. The first-order chi connectivity index (χ1) is 34.0. The van der Waals surface area contributed by atoms with Crippen molar-refractivity contribution in [3.8, 4) is 0 Å². The standard InChI is InChI=1S/C63H118O6/c1-4-7-10-13-16-19-22-25-28-29-30-31-32-33-36-38-41-44-47-50-53-56-62(65)68-59-60(69-63(66)57-54-51-48-45-42-39-35-27-24-21-18-15-12-9-6-3)58-67-61(64)55-52-49-46-43-40-37-34-26-23-20-17-14-11-8-5-2/h18,21,27,35,60H,4-17,19-20,22-26,28-34,36-59H2,1-3H3/b21-18-,35-27-/t60-/m0/s1. The molecule has 0 rings (SSSR count). The zero-order valence-electron chi connectivity index (χ0n) is 46.6. The smallest absolute Gasteiger partial charge is 0.306 e. The van der Waals surface area contributed by atoms with Gasteiger partial charge in [-0.15, -0.1) is 0 Å². The molecule has 0 radical (unpaired) electrons. The number of rotatable bonds is 57. The fourth-order valence-corrected chi connectivity index (χ4v) is 9.30. The second-order valence-electron chi connectivity index (χ2n) is 21.0. The fourth-order valence-electron chi connectivity index (χ4n) is 9.30. The quantitative estimate of drug-likeness (QED) is 0.0261. The van der Waals surface area contributed by atoms with Gasteiger partial charge in [0, 0.05) is 19.3 Å². The Kier molecular flexibility index (Phi) is 56.7. The SMILES string of the molecule is CCCCC/C=C\C/C=C\CCCCCCCC(=O)O[C@@H](COC(=O)CCCCCCCCCCCCCCCCC)COC(=O)CCCCCCCCCCCCCCCCCCCCCCC. The highest BCUT2D eigenvalue weighted by Gasteiger charge is 2.19. The highest BCUT2D eigenvalue weighted by molar-refractivity contribution is 5.71. The predicted molar refractivity (Wildman–Crippen MR) is 298 cm³/mol. The van der Waals surface area contributed by atoms with Gasteiger partial charge in [0.1, 0.15) is 13.2 Å². The van der Waals surface area contributed by atoms with Gasteiger partial charge < -0.3 is 14.2 Å². The zero-order chi connectivity index (χ0) is 50.0. The van der Waals surface area contributed by atoms with Gasteiger partial charge >= 0.3 is 17.9 Å². The lowest BCUT2D eigenvalue weighted by Gasteiger charge is -2.18. The van der Waals surface area contributed by atoms with Crippen LogP contribution in [-0.2, 0) is 28.6 Å². The molecule has 0 aliphatic carbocycles. The van der Waals surface area contributed by atoms with E-state index in [4.69, 9.17) is 14.2 Å². The minimum absolute atomic E-state index is 0.0712. The van der Waals surface area contributed by atoms with Crippen molar-refractivity contribution in [3.63, 3.8) is 0 Å². The van der Waals surface area contributed by atoms with Crippen LogP contribution in [0.1, 0.15) is 342 Å². The molecule has 0 aliphatic rings. The average Bonchev–Trinajstić information content (AvgIpc) is 3.35. The topological polar surface area (TPSA) is 78.9 Å². The van der Waals surface area contributed by atoms with E-state index in [1.54, 1.807) is 0 Å². The van der Waals surface area contributed by atoms with E-state index < -0.39 is 6.10 Å². The molecule has 0 heterocycles. The molecule has 69 heavy (non-hydrogen) atoms. The Bertz CT molecular complexity index is 1110. The Morgan fingerprint density at radius 3 is 0.826 bits per heavy atom. The van der Waals surface area contributed by atoms with Crippen LogP contribution in [-0.4, -0.2) is 37.2 Å². The Balaban J connectivity index is 4.29. The highest BCUT2D eigenvalue weighted by Crippen LogP contribution is 2.18. The third kappa shape index (κ3) is 56.7. The molecule has 0 N–H and O–H groups in total. The minimum Gasteiger partial charge on any atom is -0.462 e. The predicted octanol–water partition coefficient (Wildman–Crippen LogP) is 20.7. The number of unbranched alkanes of at least 4 members (excludes halogenated alkanes) is 42. The summed E-state index contributed by atoms with van der Waals surface area (Å²) in [6.07, 6.45) is 68.9. The van der Waals surface area contributed by atoms with Crippen LogP contribution in [0.25, 0.3) is 0 Å². The number of allylic oxidation sites excluding steroid dienone is 4. The van der Waals surface area contributed by atoms with Gasteiger partial charge in [-0.1, -0.05) is 295 Å². The maximum atomic E-state index is 12.9. The molecule has 0 aromatic heterocycles. The van der Waals surface area contributed by atoms with Gasteiger partial charge in [-0.25, -0.2) is 0 Å². The van der Waals surface area contributed by atoms with Crippen molar-refractivity contribution >= 4 is 17.9 Å². The number of carbonyl (C=O) groups excluding carboxylic acids is 3. The van der Waals surface area contributed by atoms with Crippen LogP contribution >= 0.6 is 0 Å². The average molecular weight is 972 g/mol. The summed E-state index contributed by atoms with van der Waals surface area (Å²) in [4.78, 5) is 38.2. The number of hydrogen-bond donors (Lipinski definition) is 0. The van der Waals surface area contributed by atoms with E-state index in [9.17, 15) is 14.4 Å². The highest BCUT2D eigenvalue weighted by atomic mass is 16.6. The van der Waals surface area contributed by atoms with Gasteiger partial charge in [0.05, 0.1) is 0 Å². The lowest BCUT2D eigenvalue weighted by molar-refractivity contribution is -0.167. The molecule has 0 aliphatic heterocycles. The Hall–Kier alpha value is -2.11. The van der Waals surface area contributed by atoms with Crippen LogP contribution < -0.4 is 0 Å². The molecule has 406 valence electrons. The number of esters is 3. The maximum Gasteiger partial charge on any atom is 0.306 e. The Labute approximate surface area is 430 Å². The number of hydrogen-bond acceptors (Lipinski definition) is 6. The third-order valence-corrected chi connectivity index (χ3v) is 14.0. The maximum absolute atomic E-state index is 12.9. The molecule has 6 heteroatoms. The van der Waals surface area contributed by atoms with E-state index in [0.717, 1.165) is 77.0 Å². The van der Waals surface area contributed by atoms with Crippen molar-refractivity contribution in [2.24, 2.45) is 0 Å². The lowest BCUT2D eigenvalue weighted by Crippen LogP contribution is -2.30. The van der Waals surface area contributed by atoms with Crippen molar-refractivity contribution in [1.82, 2.24) is 0 Å². The summed E-state index contributed by atoms with van der Waals surface area (Å²) >= 11 is 0. The van der Waals surface area contributed by atoms with Gasteiger partial charge in [0.2, 0.25) is 0 Å². The normalized spacial score (nSPS) is 12.1. The summed E-state index contributed by atoms with van der Waals surface area (Å²) in [7, 11) is 0. The van der Waals surface area contributed by atoms with Gasteiger partial charge in [0.25, 0.3) is 0 Å². The molecule has 0 unspecified atom stereocenters. The van der Waals surface area contributed by atoms with E-state index in [-0.39, 0.29) is 31.1 Å². The molecule has 0 saturated carbocycles. The number of carbonyl (C=O) groups is 3. The second kappa shape index (κ2) is 58.5. The van der Waals surface area contributed by atoms with Crippen molar-refractivity contribution in [3.05, 3.63) is 24.3 Å². The molecule has 0 saturated heterocycles. The van der Waals surface area contributed by atoms with Crippen molar-refractivity contribution in [2.75, 3.05) is 13.2 Å². The summed E-state index contributed by atoms with van der Waals surface area (Å²) in [5, 5.41) is 0. The largest absolute Gasteiger partial charge is 0.462 e. The first-order valence-corrected chi connectivity index (χ1v) is 30.8. The van der Waals surface area contributed by atoms with E-state index in [1.165, 1.54) is 225 Å². The van der Waals surface area contributed by atoms with E-state index in [2.05, 4.69) is 45.1 Å². The van der Waals surface area contributed by atoms with Crippen molar-refractivity contribution in [1.29, 1.82) is 0 Å². The van der Waals surface area contributed by atoms with Gasteiger partial charge in [0.15, 0.2) is 6.10 Å². The van der Waals surface area contributed by atoms with Crippen LogP contribution in [0.4, 0.5) is 0 Å². The Morgan fingerprint density at radius 1 is 0.290 bits per heavy atom. The van der Waals surface area contributed by atoms with Gasteiger partial charge in [-0.05, 0) is 51.4 Å². The first-order valence-electron chi connectivity index (χ1n) is 30.8. The summed E-state index contributed by atoms with van der Waals surface area (Å²) in [6.45, 7) is 6.67. The zero-order valence-corrected chi connectivity index (χ0v) is 46.6. The summed E-state index contributed by atoms with van der Waals surface area (Å²) in [5.74, 6) is -0.860. The van der Waals surface area contributed by atoms with Crippen LogP contribution in [0.15, 0.2) is 24.3 Å². The third-order valence-electron chi connectivity index (χ3n) is 14.0. The van der Waals surface area contributed by atoms with Crippen LogP contribution in [0, 0.1) is 0 Å². The second-order valence-corrected chi connectivity index (χ2v) is 21.0. The summed E-state index contributed by atoms with van der Waals surface area (Å²) in [5.41, 5.74) is 0. The molecular weight excluding hydrogens is 853 g/mol. The number of ether oxygens (including phenoxy) is 3. The van der Waals surface area contributed by atoms with Crippen LogP contribution in [0.3, 0.4) is 0 Å². The molecule has 0 spiro atoms.